The molecular weight excluding hydrogens is 304 g/mol. The first kappa shape index (κ1) is 16.3. The van der Waals surface area contributed by atoms with Crippen molar-refractivity contribution in [2.45, 2.75) is 26.4 Å². The Morgan fingerprint density at radius 2 is 1.92 bits per heavy atom. The fourth-order valence-corrected chi connectivity index (χ4v) is 2.81. The molecule has 1 aliphatic heterocycles. The van der Waals surface area contributed by atoms with Crippen LogP contribution in [0, 0.1) is 0 Å². The molecule has 0 radical (unpaired) electrons. The Labute approximate surface area is 141 Å². The molecule has 0 aliphatic carbocycles. The van der Waals surface area contributed by atoms with E-state index in [0.29, 0.717) is 13.1 Å². The topological polar surface area (TPSA) is 51.5 Å². The molecule has 0 saturated heterocycles. The quantitative estimate of drug-likeness (QED) is 0.809. The van der Waals surface area contributed by atoms with Gasteiger partial charge in [0.05, 0.1) is 5.52 Å². The third kappa shape index (κ3) is 3.20. The molecule has 2 heterocycles. The van der Waals surface area contributed by atoms with Gasteiger partial charge in [0.2, 0.25) is 0 Å². The standard InChI is InChI=1S/C19H22N2O3/c1-19(2,3)24-18(23)21-10-9-15(12-21)13-5-7-16-14(11-13)6-8-17(22)20(16)4/h5-9,11H,10,12H2,1-4H3. The van der Waals surface area contributed by atoms with Crippen LogP contribution >= 0.6 is 0 Å². The molecule has 3 rings (SSSR count). The van der Waals surface area contributed by atoms with E-state index in [1.54, 1.807) is 22.6 Å². The summed E-state index contributed by atoms with van der Waals surface area (Å²) in [5.74, 6) is 0. The Bertz CT molecular complexity index is 888. The fraction of sp³-hybridized carbons (Fsp3) is 0.368. The maximum Gasteiger partial charge on any atom is 0.410 e. The highest BCUT2D eigenvalue weighted by molar-refractivity contribution is 5.85. The summed E-state index contributed by atoms with van der Waals surface area (Å²) in [6.45, 7) is 6.68. The van der Waals surface area contributed by atoms with E-state index in [-0.39, 0.29) is 11.7 Å². The molecule has 0 atom stereocenters. The van der Waals surface area contributed by atoms with Crippen LogP contribution in [0.3, 0.4) is 0 Å². The number of hydrogen-bond acceptors (Lipinski definition) is 3. The highest BCUT2D eigenvalue weighted by atomic mass is 16.6. The van der Waals surface area contributed by atoms with Crippen molar-refractivity contribution in [1.82, 2.24) is 9.47 Å². The largest absolute Gasteiger partial charge is 0.444 e. The molecule has 126 valence electrons. The first-order chi connectivity index (χ1) is 11.2. The minimum atomic E-state index is -0.492. The van der Waals surface area contributed by atoms with Gasteiger partial charge in [0.25, 0.3) is 5.56 Å². The summed E-state index contributed by atoms with van der Waals surface area (Å²) < 4.78 is 7.05. The van der Waals surface area contributed by atoms with Crippen molar-refractivity contribution in [3.05, 3.63) is 52.3 Å². The lowest BCUT2D eigenvalue weighted by molar-refractivity contribution is 0.0306. The van der Waals surface area contributed by atoms with Crippen molar-refractivity contribution in [2.75, 3.05) is 13.1 Å². The molecule has 0 saturated carbocycles. The van der Waals surface area contributed by atoms with Crippen LogP contribution in [0.25, 0.3) is 16.5 Å². The number of carbonyl (C=O) groups excluding carboxylic acids is 1. The highest BCUT2D eigenvalue weighted by Crippen LogP contribution is 2.25. The SMILES string of the molecule is Cn1c(=O)ccc2cc(C3=CCN(C(=O)OC(C)(C)C)C3)ccc21. The van der Waals surface area contributed by atoms with Gasteiger partial charge >= 0.3 is 6.09 Å². The lowest BCUT2D eigenvalue weighted by atomic mass is 10.0. The van der Waals surface area contributed by atoms with Gasteiger partial charge in [-0.2, -0.15) is 0 Å². The monoisotopic (exact) mass is 326 g/mol. The smallest absolute Gasteiger partial charge is 0.410 e. The molecular formula is C19H22N2O3. The molecule has 5 heteroatoms. The number of fused-ring (bicyclic) bond motifs is 1. The van der Waals surface area contributed by atoms with Crippen LogP contribution in [-0.4, -0.2) is 34.3 Å². The average molecular weight is 326 g/mol. The molecule has 1 aromatic heterocycles. The molecule has 0 fully saturated rings. The number of rotatable bonds is 1. The first-order valence-electron chi connectivity index (χ1n) is 8.02. The number of nitrogens with zero attached hydrogens (tertiary/aromatic N) is 2. The normalized spacial score (nSPS) is 14.8. The minimum Gasteiger partial charge on any atom is -0.444 e. The van der Waals surface area contributed by atoms with Gasteiger partial charge in [-0.1, -0.05) is 12.1 Å². The molecule has 0 bridgehead atoms. The van der Waals surface area contributed by atoms with E-state index in [0.717, 1.165) is 22.0 Å². The zero-order valence-electron chi connectivity index (χ0n) is 14.5. The van der Waals surface area contributed by atoms with E-state index >= 15 is 0 Å². The summed E-state index contributed by atoms with van der Waals surface area (Å²) in [7, 11) is 1.77. The molecule has 1 aromatic carbocycles. The molecule has 2 aromatic rings. The van der Waals surface area contributed by atoms with Crippen LogP contribution < -0.4 is 5.56 Å². The van der Waals surface area contributed by atoms with E-state index in [9.17, 15) is 9.59 Å². The molecule has 5 nitrogen and oxygen atoms in total. The molecule has 1 amide bonds. The number of pyridine rings is 1. The number of carbonyl (C=O) groups is 1. The van der Waals surface area contributed by atoms with Crippen LogP contribution in [0.5, 0.6) is 0 Å². The summed E-state index contributed by atoms with van der Waals surface area (Å²) >= 11 is 0. The lowest BCUT2D eigenvalue weighted by Crippen LogP contribution is -2.35. The molecule has 0 unspecified atom stereocenters. The van der Waals surface area contributed by atoms with Gasteiger partial charge in [-0.15, -0.1) is 0 Å². The summed E-state index contributed by atoms with van der Waals surface area (Å²) in [5, 5.41) is 1.01. The number of aromatic nitrogens is 1. The third-order valence-electron chi connectivity index (χ3n) is 4.07. The second-order valence-corrected chi connectivity index (χ2v) is 7.09. The Morgan fingerprint density at radius 1 is 1.17 bits per heavy atom. The second-order valence-electron chi connectivity index (χ2n) is 7.09. The van der Waals surface area contributed by atoms with Crippen LogP contribution in [-0.2, 0) is 11.8 Å². The Balaban J connectivity index is 1.81. The van der Waals surface area contributed by atoms with Crippen molar-refractivity contribution < 1.29 is 9.53 Å². The zero-order chi connectivity index (χ0) is 17.5. The molecule has 1 aliphatic rings. The van der Waals surface area contributed by atoms with Crippen LogP contribution in [0.2, 0.25) is 0 Å². The predicted octanol–water partition coefficient (Wildman–Crippen LogP) is 3.17. The Hall–Kier alpha value is -2.56. The number of hydrogen-bond donors (Lipinski definition) is 0. The van der Waals surface area contributed by atoms with E-state index in [4.69, 9.17) is 4.74 Å². The zero-order valence-corrected chi connectivity index (χ0v) is 14.5. The van der Waals surface area contributed by atoms with E-state index in [2.05, 4.69) is 6.07 Å². The van der Waals surface area contributed by atoms with Gasteiger partial charge < -0.3 is 14.2 Å². The highest BCUT2D eigenvalue weighted by Gasteiger charge is 2.25. The van der Waals surface area contributed by atoms with Gasteiger partial charge in [-0.05, 0) is 55.5 Å². The van der Waals surface area contributed by atoms with Gasteiger partial charge in [0, 0.05) is 26.2 Å². The van der Waals surface area contributed by atoms with E-state index in [1.165, 1.54) is 0 Å². The number of amides is 1. The maximum atomic E-state index is 12.2. The van der Waals surface area contributed by atoms with Crippen molar-refractivity contribution in [1.29, 1.82) is 0 Å². The van der Waals surface area contributed by atoms with E-state index < -0.39 is 5.60 Å². The van der Waals surface area contributed by atoms with Crippen LogP contribution in [0.4, 0.5) is 4.79 Å². The maximum absolute atomic E-state index is 12.2. The lowest BCUT2D eigenvalue weighted by Gasteiger charge is -2.24. The summed E-state index contributed by atoms with van der Waals surface area (Å²) in [6, 6.07) is 9.40. The number of benzene rings is 1. The first-order valence-corrected chi connectivity index (χ1v) is 8.02. The molecule has 0 spiro atoms. The van der Waals surface area contributed by atoms with Crippen molar-refractivity contribution in [3.63, 3.8) is 0 Å². The van der Waals surface area contributed by atoms with Crippen molar-refractivity contribution in [3.8, 4) is 0 Å². The number of ether oxygens (including phenoxy) is 1. The summed E-state index contributed by atoms with van der Waals surface area (Å²) in [4.78, 5) is 25.6. The van der Waals surface area contributed by atoms with Crippen molar-refractivity contribution >= 4 is 22.6 Å². The molecule has 0 N–H and O–H groups in total. The van der Waals surface area contributed by atoms with Crippen LogP contribution in [0.15, 0.2) is 41.2 Å². The van der Waals surface area contributed by atoms with Gasteiger partial charge in [-0.3, -0.25) is 4.79 Å². The van der Waals surface area contributed by atoms with E-state index in [1.807, 2.05) is 45.0 Å². The Morgan fingerprint density at radius 3 is 2.62 bits per heavy atom. The van der Waals surface area contributed by atoms with Gasteiger partial charge in [0.15, 0.2) is 0 Å². The van der Waals surface area contributed by atoms with Crippen molar-refractivity contribution in [2.24, 2.45) is 7.05 Å². The number of aryl methyl sites for hydroxylation is 1. The fourth-order valence-electron chi connectivity index (χ4n) is 2.81. The Kier molecular flexibility index (Phi) is 3.95. The third-order valence-corrected chi connectivity index (χ3v) is 4.07. The predicted molar refractivity (Wildman–Crippen MR) is 95.0 cm³/mol. The summed E-state index contributed by atoms with van der Waals surface area (Å²) in [5.41, 5.74) is 2.54. The second kappa shape index (κ2) is 5.82. The van der Waals surface area contributed by atoms with Crippen LogP contribution in [0.1, 0.15) is 26.3 Å². The average Bonchev–Trinajstić information content (AvgIpc) is 2.99. The summed E-state index contributed by atoms with van der Waals surface area (Å²) in [6.07, 6.45) is 1.75. The van der Waals surface area contributed by atoms with Gasteiger partial charge in [0.1, 0.15) is 5.60 Å². The molecule has 24 heavy (non-hydrogen) atoms. The minimum absolute atomic E-state index is 0.0218. The van der Waals surface area contributed by atoms with Gasteiger partial charge in [-0.25, -0.2) is 4.79 Å².